The molecule has 0 aromatic heterocycles. The van der Waals surface area contributed by atoms with Crippen molar-refractivity contribution in [3.8, 4) is 11.5 Å². The first kappa shape index (κ1) is 32.2. The number of piperazine rings is 1. The van der Waals surface area contributed by atoms with E-state index in [0.717, 1.165) is 29.9 Å². The molecule has 3 aromatic rings. The minimum atomic E-state index is -4.53. The van der Waals surface area contributed by atoms with Crippen LogP contribution in [0.2, 0.25) is 0 Å². The van der Waals surface area contributed by atoms with E-state index >= 15 is 0 Å². The number of methoxy groups -OCH3 is 2. The number of nitrogens with zero attached hydrogens (tertiary/aromatic N) is 4. The third-order valence-electron chi connectivity index (χ3n) is 6.63. The Labute approximate surface area is 244 Å². The van der Waals surface area contributed by atoms with Gasteiger partial charge in [0, 0.05) is 43.5 Å². The second-order valence-electron chi connectivity index (χ2n) is 9.04. The smallest absolute Gasteiger partial charge is 0.416 e. The zero-order valence-corrected chi connectivity index (χ0v) is 24.4. The van der Waals surface area contributed by atoms with Crippen molar-refractivity contribution in [3.63, 3.8) is 0 Å². The van der Waals surface area contributed by atoms with E-state index in [-0.39, 0.29) is 23.7 Å². The molecule has 226 valence electrons. The summed E-state index contributed by atoms with van der Waals surface area (Å²) in [5.41, 5.74) is 1.22. The van der Waals surface area contributed by atoms with Gasteiger partial charge in [-0.1, -0.05) is 32.0 Å². The number of alkyl halides is 3. The summed E-state index contributed by atoms with van der Waals surface area (Å²) in [6.45, 7) is 7.96. The summed E-state index contributed by atoms with van der Waals surface area (Å²) < 4.78 is 66.3. The monoisotopic (exact) mass is 588 g/mol. The Morgan fingerprint density at radius 2 is 1.52 bits per heavy atom. The Morgan fingerprint density at radius 1 is 0.881 bits per heavy atom. The van der Waals surface area contributed by atoms with Crippen LogP contribution in [0.3, 0.4) is 0 Å². The number of benzene rings is 3. The van der Waals surface area contributed by atoms with Crippen molar-refractivity contribution in [1.29, 1.82) is 0 Å². The van der Waals surface area contributed by atoms with Crippen molar-refractivity contribution in [3.05, 3.63) is 77.6 Å². The molecule has 0 saturated carbocycles. The molecule has 2 aliphatic heterocycles. The molecule has 0 bridgehead atoms. The maximum absolute atomic E-state index is 14.7. The lowest BCUT2D eigenvalue weighted by atomic mass is 10.1. The number of para-hydroxylation sites is 1. The third kappa shape index (κ3) is 7.32. The van der Waals surface area contributed by atoms with E-state index in [1.165, 1.54) is 26.2 Å². The average Bonchev–Trinajstić information content (AvgIpc) is 3.01. The van der Waals surface area contributed by atoms with Gasteiger partial charge in [0.25, 0.3) is 0 Å². The lowest BCUT2D eigenvalue weighted by molar-refractivity contribution is -0.137. The molecule has 3 aromatic carbocycles. The molecule has 1 saturated heterocycles. The molecule has 0 spiro atoms. The van der Waals surface area contributed by atoms with Crippen LogP contribution in [0.15, 0.2) is 65.7 Å². The minimum Gasteiger partial charge on any atom is -0.497 e. The lowest BCUT2D eigenvalue weighted by Crippen LogP contribution is -2.54. The second-order valence-corrected chi connectivity index (χ2v) is 9.04. The molecular formula is C31H36F4N4O3. The predicted octanol–water partition coefficient (Wildman–Crippen LogP) is 6.92. The third-order valence-corrected chi connectivity index (χ3v) is 6.63. The van der Waals surface area contributed by atoms with Crippen LogP contribution in [0.25, 0.3) is 0 Å². The van der Waals surface area contributed by atoms with Crippen LogP contribution in [-0.4, -0.2) is 57.5 Å². The van der Waals surface area contributed by atoms with Gasteiger partial charge < -0.3 is 29.0 Å². The summed E-state index contributed by atoms with van der Waals surface area (Å²) in [5.74, 6) is 0.947. The van der Waals surface area contributed by atoms with Gasteiger partial charge in [0.05, 0.1) is 32.0 Å². The van der Waals surface area contributed by atoms with Crippen LogP contribution >= 0.6 is 0 Å². The van der Waals surface area contributed by atoms with Crippen LogP contribution in [0.5, 0.6) is 11.5 Å². The van der Waals surface area contributed by atoms with Crippen molar-refractivity contribution >= 4 is 29.3 Å². The SMILES string of the molecule is CC.CC=O.COc1cccc(N2CCN(C3=Nc4c(F)cccc4CN3c3cc(C(F)(F)F)ccc3OC)CC2)c1. The molecular weight excluding hydrogens is 552 g/mol. The normalized spacial score (nSPS) is 14.4. The largest absolute Gasteiger partial charge is 0.497 e. The average molecular weight is 589 g/mol. The van der Waals surface area contributed by atoms with Crippen molar-refractivity contribution in [2.45, 2.75) is 33.5 Å². The Hall–Kier alpha value is -4.28. The first-order valence-electron chi connectivity index (χ1n) is 13.6. The van der Waals surface area contributed by atoms with Crippen molar-refractivity contribution in [2.75, 3.05) is 50.2 Å². The van der Waals surface area contributed by atoms with E-state index < -0.39 is 17.6 Å². The standard InChI is InChI=1S/C27H26F4N4O2.C2H4O.C2H6/c1-36-21-7-4-6-20(16-21)33-11-13-34(14-12-33)26-32-25-18(5-3-8-22(25)28)17-35(26)23-15-19(27(29,30)31)9-10-24(23)37-2;1-2-3;1-2/h3-10,15-16H,11-14,17H2,1-2H3;2H,1H3;1-2H3. The van der Waals surface area contributed by atoms with Gasteiger partial charge >= 0.3 is 6.18 Å². The minimum absolute atomic E-state index is 0.152. The number of hydrogen-bond acceptors (Lipinski definition) is 7. The van der Waals surface area contributed by atoms with E-state index in [0.29, 0.717) is 37.7 Å². The lowest BCUT2D eigenvalue weighted by Gasteiger charge is -2.42. The summed E-state index contributed by atoms with van der Waals surface area (Å²) in [7, 11) is 3.03. The fourth-order valence-electron chi connectivity index (χ4n) is 4.70. The summed E-state index contributed by atoms with van der Waals surface area (Å²) in [6.07, 6.45) is -3.78. The maximum Gasteiger partial charge on any atom is 0.416 e. The molecule has 7 nitrogen and oxygen atoms in total. The number of anilines is 2. The van der Waals surface area contributed by atoms with Crippen LogP contribution in [0, 0.1) is 5.82 Å². The van der Waals surface area contributed by atoms with Crippen LogP contribution < -0.4 is 19.3 Å². The molecule has 2 heterocycles. The molecule has 42 heavy (non-hydrogen) atoms. The number of guanidine groups is 1. The number of fused-ring (bicyclic) bond motifs is 1. The maximum atomic E-state index is 14.7. The number of hydrogen-bond donors (Lipinski definition) is 0. The van der Waals surface area contributed by atoms with Crippen LogP contribution in [0.4, 0.5) is 34.6 Å². The molecule has 0 unspecified atom stereocenters. The van der Waals surface area contributed by atoms with Gasteiger partial charge in [-0.25, -0.2) is 9.38 Å². The summed E-state index contributed by atoms with van der Waals surface area (Å²) in [4.78, 5) is 19.3. The van der Waals surface area contributed by atoms with Gasteiger partial charge in [0.1, 0.15) is 29.3 Å². The molecule has 5 rings (SSSR count). The van der Waals surface area contributed by atoms with Gasteiger partial charge in [-0.2, -0.15) is 13.2 Å². The first-order valence-corrected chi connectivity index (χ1v) is 13.6. The number of rotatable bonds is 4. The Morgan fingerprint density at radius 3 is 2.14 bits per heavy atom. The van der Waals surface area contributed by atoms with E-state index in [2.05, 4.69) is 9.89 Å². The van der Waals surface area contributed by atoms with Crippen molar-refractivity contribution in [2.24, 2.45) is 4.99 Å². The molecule has 2 aliphatic rings. The van der Waals surface area contributed by atoms with Crippen LogP contribution in [-0.2, 0) is 17.5 Å². The summed E-state index contributed by atoms with van der Waals surface area (Å²) in [6, 6.07) is 15.8. The zero-order valence-electron chi connectivity index (χ0n) is 24.4. The van der Waals surface area contributed by atoms with Crippen molar-refractivity contribution in [1.82, 2.24) is 4.90 Å². The van der Waals surface area contributed by atoms with E-state index in [4.69, 9.17) is 14.3 Å². The highest BCUT2D eigenvalue weighted by molar-refractivity contribution is 6.00. The Bertz CT molecular complexity index is 1370. The quantitative estimate of drug-likeness (QED) is 0.244. The van der Waals surface area contributed by atoms with Crippen LogP contribution in [0.1, 0.15) is 31.9 Å². The van der Waals surface area contributed by atoms with Gasteiger partial charge in [0.15, 0.2) is 0 Å². The number of halogens is 4. The molecule has 1 fully saturated rings. The fourth-order valence-corrected chi connectivity index (χ4v) is 4.70. The molecule has 0 amide bonds. The van der Waals surface area contributed by atoms with Gasteiger partial charge in [-0.15, -0.1) is 0 Å². The van der Waals surface area contributed by atoms with Crippen molar-refractivity contribution < 1.29 is 31.8 Å². The molecule has 0 aliphatic carbocycles. The highest BCUT2D eigenvalue weighted by Crippen LogP contribution is 2.40. The van der Waals surface area contributed by atoms with E-state index in [1.807, 2.05) is 43.0 Å². The molecule has 11 heteroatoms. The van der Waals surface area contributed by atoms with Gasteiger partial charge in [-0.3, -0.25) is 0 Å². The first-order chi connectivity index (χ1) is 20.2. The summed E-state index contributed by atoms with van der Waals surface area (Å²) >= 11 is 0. The molecule has 0 N–H and O–H groups in total. The second kappa shape index (κ2) is 14.6. The molecule has 0 atom stereocenters. The van der Waals surface area contributed by atoms with Gasteiger partial charge in [-0.05, 0) is 43.3 Å². The zero-order chi connectivity index (χ0) is 30.9. The summed E-state index contributed by atoms with van der Waals surface area (Å²) in [5, 5.41) is 0. The predicted molar refractivity (Wildman–Crippen MR) is 158 cm³/mol. The Balaban J connectivity index is 0.000000910. The highest BCUT2D eigenvalue weighted by atomic mass is 19.4. The number of carbonyl (C=O) groups excluding carboxylic acids is 1. The Kier molecular flexibility index (Phi) is 11.2. The fraction of sp³-hybridized carbons (Fsp3) is 0.355. The highest BCUT2D eigenvalue weighted by Gasteiger charge is 2.35. The molecule has 0 radical (unpaired) electrons. The van der Waals surface area contributed by atoms with E-state index in [9.17, 15) is 17.6 Å². The number of aldehydes is 1. The number of aliphatic imine (C=N–C) groups is 1. The number of ether oxygens (including phenoxy) is 2. The van der Waals surface area contributed by atoms with E-state index in [1.54, 1.807) is 24.1 Å². The topological polar surface area (TPSA) is 57.6 Å². The van der Waals surface area contributed by atoms with Gasteiger partial charge in [0.2, 0.25) is 5.96 Å². The number of carbonyl (C=O) groups is 1.